The van der Waals surface area contributed by atoms with E-state index in [1.165, 1.54) is 25.9 Å². The van der Waals surface area contributed by atoms with E-state index in [4.69, 9.17) is 5.84 Å². The van der Waals surface area contributed by atoms with E-state index in [0.29, 0.717) is 6.04 Å². The summed E-state index contributed by atoms with van der Waals surface area (Å²) < 4.78 is 0. The molecular weight excluding hydrogens is 202 g/mol. The third kappa shape index (κ3) is 3.35. The average molecular weight is 227 g/mol. The maximum absolute atomic E-state index is 5.49. The lowest BCUT2D eigenvalue weighted by Gasteiger charge is -2.37. The van der Waals surface area contributed by atoms with E-state index >= 15 is 0 Å². The highest BCUT2D eigenvalue weighted by molar-refractivity contribution is 5.79. The average Bonchev–Trinajstić information content (AvgIpc) is 2.35. The zero-order valence-electron chi connectivity index (χ0n) is 10.7. The van der Waals surface area contributed by atoms with Crippen LogP contribution in [0.3, 0.4) is 0 Å². The summed E-state index contributed by atoms with van der Waals surface area (Å²) in [5.74, 6) is 6.29. The number of rotatable bonds is 3. The summed E-state index contributed by atoms with van der Waals surface area (Å²) in [6, 6.07) is 0.559. The number of nitrogens with zero attached hydrogens (tertiary/aromatic N) is 3. The van der Waals surface area contributed by atoms with Gasteiger partial charge in [0.25, 0.3) is 0 Å². The number of nitrogens with one attached hydrogen (secondary N) is 1. The Kier molecular flexibility index (Phi) is 5.55. The molecule has 0 bridgehead atoms. The maximum atomic E-state index is 5.49. The Balaban J connectivity index is 2.48. The lowest BCUT2D eigenvalue weighted by molar-refractivity contribution is 0.169. The molecule has 0 spiro atoms. The van der Waals surface area contributed by atoms with E-state index in [0.717, 1.165) is 19.0 Å². The largest absolute Gasteiger partial charge is 0.342 e. The van der Waals surface area contributed by atoms with Crippen molar-refractivity contribution in [2.24, 2.45) is 10.8 Å². The number of piperidine rings is 1. The predicted molar refractivity (Wildman–Crippen MR) is 68.2 cm³/mol. The summed E-state index contributed by atoms with van der Waals surface area (Å²) in [6.07, 6.45) is 2.38. The number of aliphatic imine (C=N–C) groups is 1. The summed E-state index contributed by atoms with van der Waals surface area (Å²) in [6.45, 7) is 8.50. The molecule has 3 N–H and O–H groups in total. The molecule has 0 radical (unpaired) electrons. The fourth-order valence-corrected chi connectivity index (χ4v) is 2.20. The number of hydrogen-bond acceptors (Lipinski definition) is 3. The molecule has 1 aliphatic rings. The molecule has 0 atom stereocenters. The molecule has 0 saturated carbocycles. The monoisotopic (exact) mass is 227 g/mol. The molecule has 0 unspecified atom stereocenters. The highest BCUT2D eigenvalue weighted by Crippen LogP contribution is 2.14. The van der Waals surface area contributed by atoms with Gasteiger partial charge in [0, 0.05) is 32.7 Å². The van der Waals surface area contributed by atoms with Gasteiger partial charge < -0.3 is 9.80 Å². The number of guanidine groups is 1. The first-order valence-corrected chi connectivity index (χ1v) is 6.19. The predicted octanol–water partition coefficient (Wildman–Crippen LogP) is 0.242. The van der Waals surface area contributed by atoms with E-state index in [1.807, 2.05) is 6.92 Å². The van der Waals surface area contributed by atoms with Crippen LogP contribution in [0.2, 0.25) is 0 Å². The molecule has 1 rings (SSSR count). The van der Waals surface area contributed by atoms with Crippen LogP contribution in [0, 0.1) is 0 Å². The van der Waals surface area contributed by atoms with E-state index in [9.17, 15) is 0 Å². The second-order valence-electron chi connectivity index (χ2n) is 4.22. The SMILES string of the molecule is CCN=C(NN)N(C)C1CCN(CC)CC1. The smallest absolute Gasteiger partial charge is 0.208 e. The second kappa shape index (κ2) is 6.70. The third-order valence-corrected chi connectivity index (χ3v) is 3.32. The number of hydrogen-bond donors (Lipinski definition) is 2. The van der Waals surface area contributed by atoms with Crippen molar-refractivity contribution in [3.05, 3.63) is 0 Å². The first-order valence-electron chi connectivity index (χ1n) is 6.19. The van der Waals surface area contributed by atoms with Crippen LogP contribution in [0.1, 0.15) is 26.7 Å². The van der Waals surface area contributed by atoms with Crippen molar-refractivity contribution in [3.8, 4) is 0 Å². The van der Waals surface area contributed by atoms with Crippen LogP contribution in [0.5, 0.6) is 0 Å². The van der Waals surface area contributed by atoms with Gasteiger partial charge >= 0.3 is 0 Å². The van der Waals surface area contributed by atoms with Crippen LogP contribution in [-0.2, 0) is 0 Å². The zero-order valence-corrected chi connectivity index (χ0v) is 10.7. The number of likely N-dealkylation sites (tertiary alicyclic amines) is 1. The van der Waals surface area contributed by atoms with E-state index < -0.39 is 0 Å². The normalized spacial score (nSPS) is 19.9. The summed E-state index contributed by atoms with van der Waals surface area (Å²) in [7, 11) is 2.07. The van der Waals surface area contributed by atoms with Crippen molar-refractivity contribution < 1.29 is 0 Å². The minimum absolute atomic E-state index is 0.559. The summed E-state index contributed by atoms with van der Waals surface area (Å²) >= 11 is 0. The summed E-state index contributed by atoms with van der Waals surface area (Å²) in [5.41, 5.74) is 2.69. The Morgan fingerprint density at radius 2 is 2.06 bits per heavy atom. The Morgan fingerprint density at radius 3 is 2.50 bits per heavy atom. The van der Waals surface area contributed by atoms with Crippen LogP contribution in [0.4, 0.5) is 0 Å². The first kappa shape index (κ1) is 13.3. The number of nitrogens with two attached hydrogens (primary N) is 1. The molecule has 0 amide bonds. The topological polar surface area (TPSA) is 56.9 Å². The Labute approximate surface area is 98.7 Å². The zero-order chi connectivity index (χ0) is 12.0. The van der Waals surface area contributed by atoms with Crippen molar-refractivity contribution >= 4 is 5.96 Å². The van der Waals surface area contributed by atoms with Gasteiger partial charge in [-0.15, -0.1) is 0 Å². The molecule has 5 nitrogen and oxygen atoms in total. The fraction of sp³-hybridized carbons (Fsp3) is 0.909. The maximum Gasteiger partial charge on any atom is 0.208 e. The van der Waals surface area contributed by atoms with Crippen molar-refractivity contribution in [2.45, 2.75) is 32.7 Å². The van der Waals surface area contributed by atoms with E-state index in [2.05, 4.69) is 34.2 Å². The van der Waals surface area contributed by atoms with Gasteiger partial charge in [-0.25, -0.2) is 5.84 Å². The highest BCUT2D eigenvalue weighted by atomic mass is 15.4. The number of hydrazine groups is 1. The molecular formula is C11H25N5. The minimum atomic E-state index is 0.559. The first-order chi connectivity index (χ1) is 7.72. The molecule has 1 fully saturated rings. The molecule has 94 valence electrons. The molecule has 0 aromatic carbocycles. The molecule has 1 aliphatic heterocycles. The quantitative estimate of drug-likeness (QED) is 0.314. The second-order valence-corrected chi connectivity index (χ2v) is 4.22. The third-order valence-electron chi connectivity index (χ3n) is 3.32. The lowest BCUT2D eigenvalue weighted by Crippen LogP contribution is -2.51. The van der Waals surface area contributed by atoms with Crippen molar-refractivity contribution in [1.29, 1.82) is 0 Å². The van der Waals surface area contributed by atoms with Gasteiger partial charge in [-0.3, -0.25) is 10.4 Å². The highest BCUT2D eigenvalue weighted by Gasteiger charge is 2.23. The molecule has 0 aromatic heterocycles. The molecule has 0 aliphatic carbocycles. The Morgan fingerprint density at radius 1 is 1.44 bits per heavy atom. The molecule has 16 heavy (non-hydrogen) atoms. The van der Waals surface area contributed by atoms with Crippen molar-refractivity contribution in [2.75, 3.05) is 33.2 Å². The van der Waals surface area contributed by atoms with Crippen LogP contribution >= 0.6 is 0 Å². The Hall–Kier alpha value is -0.810. The van der Waals surface area contributed by atoms with Crippen molar-refractivity contribution in [3.63, 3.8) is 0 Å². The van der Waals surface area contributed by atoms with E-state index in [-0.39, 0.29) is 0 Å². The molecule has 5 heteroatoms. The van der Waals surface area contributed by atoms with Gasteiger partial charge in [-0.05, 0) is 26.3 Å². The molecule has 1 saturated heterocycles. The molecule has 0 aromatic rings. The van der Waals surface area contributed by atoms with Crippen LogP contribution in [0.25, 0.3) is 0 Å². The van der Waals surface area contributed by atoms with Gasteiger partial charge in [-0.1, -0.05) is 6.92 Å². The van der Waals surface area contributed by atoms with Gasteiger partial charge in [0.15, 0.2) is 0 Å². The van der Waals surface area contributed by atoms with Gasteiger partial charge in [-0.2, -0.15) is 0 Å². The fourth-order valence-electron chi connectivity index (χ4n) is 2.20. The standard InChI is InChI=1S/C11H25N5/c1-4-13-11(14-12)15(3)10-6-8-16(5-2)9-7-10/h10H,4-9,12H2,1-3H3,(H,13,14). The molecule has 1 heterocycles. The van der Waals surface area contributed by atoms with E-state index in [1.54, 1.807) is 0 Å². The van der Waals surface area contributed by atoms with Crippen LogP contribution in [0.15, 0.2) is 4.99 Å². The van der Waals surface area contributed by atoms with Gasteiger partial charge in [0.1, 0.15) is 0 Å². The van der Waals surface area contributed by atoms with Crippen LogP contribution < -0.4 is 11.3 Å². The lowest BCUT2D eigenvalue weighted by atomic mass is 10.0. The summed E-state index contributed by atoms with van der Waals surface area (Å²) in [4.78, 5) is 9.01. The summed E-state index contributed by atoms with van der Waals surface area (Å²) in [5, 5.41) is 0. The minimum Gasteiger partial charge on any atom is -0.342 e. The van der Waals surface area contributed by atoms with Crippen molar-refractivity contribution in [1.82, 2.24) is 15.2 Å². The van der Waals surface area contributed by atoms with Gasteiger partial charge in [0.2, 0.25) is 5.96 Å². The van der Waals surface area contributed by atoms with Gasteiger partial charge in [0.05, 0.1) is 0 Å². The van der Waals surface area contributed by atoms with Crippen LogP contribution in [-0.4, -0.2) is 55.0 Å². The Bertz CT molecular complexity index is 220.